The van der Waals surface area contributed by atoms with Gasteiger partial charge < -0.3 is 14.8 Å². The molecule has 2 aromatic carbocycles. The van der Waals surface area contributed by atoms with Crippen LogP contribution in [-0.4, -0.2) is 57.3 Å². The van der Waals surface area contributed by atoms with Crippen LogP contribution in [0.15, 0.2) is 46.2 Å². The number of amides is 1. The highest BCUT2D eigenvalue weighted by molar-refractivity contribution is 7.99. The molecule has 0 radical (unpaired) electrons. The number of hydrogen-bond donors (Lipinski definition) is 1. The standard InChI is InChI=1S/C23H30N2O5S2/c1-4-30-21-8-6-19(16-22(21)32(27,28)25-10-12-29-13-11-25)24-23(26)9-14-31-20-7-5-17(2)18(3)15-20/h5-8,15-16H,4,9-14H2,1-3H3,(H,24,26). The van der Waals surface area contributed by atoms with Crippen molar-refractivity contribution in [3.8, 4) is 5.75 Å². The highest BCUT2D eigenvalue weighted by Gasteiger charge is 2.29. The lowest BCUT2D eigenvalue weighted by Gasteiger charge is -2.27. The molecule has 1 aliphatic heterocycles. The fourth-order valence-corrected chi connectivity index (χ4v) is 5.79. The van der Waals surface area contributed by atoms with Gasteiger partial charge in [0, 0.05) is 35.8 Å². The van der Waals surface area contributed by atoms with Crippen molar-refractivity contribution < 1.29 is 22.7 Å². The molecule has 0 aromatic heterocycles. The second kappa shape index (κ2) is 11.2. The number of sulfonamides is 1. The van der Waals surface area contributed by atoms with Gasteiger partial charge in [-0.1, -0.05) is 6.07 Å². The fraction of sp³-hybridized carbons (Fsp3) is 0.435. The molecule has 1 N–H and O–H groups in total. The van der Waals surface area contributed by atoms with Crippen molar-refractivity contribution in [2.45, 2.75) is 37.0 Å². The van der Waals surface area contributed by atoms with Crippen molar-refractivity contribution in [1.82, 2.24) is 4.31 Å². The second-order valence-corrected chi connectivity index (χ2v) is 10.6. The summed E-state index contributed by atoms with van der Waals surface area (Å²) in [6.07, 6.45) is 0.316. The van der Waals surface area contributed by atoms with Gasteiger partial charge in [-0.2, -0.15) is 4.31 Å². The van der Waals surface area contributed by atoms with E-state index in [1.54, 1.807) is 30.8 Å². The second-order valence-electron chi connectivity index (χ2n) is 7.50. The van der Waals surface area contributed by atoms with Gasteiger partial charge in [-0.15, -0.1) is 11.8 Å². The molecule has 1 saturated heterocycles. The number of anilines is 1. The van der Waals surface area contributed by atoms with E-state index >= 15 is 0 Å². The summed E-state index contributed by atoms with van der Waals surface area (Å²) in [5.41, 5.74) is 2.90. The molecule has 0 atom stereocenters. The van der Waals surface area contributed by atoms with Crippen LogP contribution in [0.25, 0.3) is 0 Å². The van der Waals surface area contributed by atoms with Gasteiger partial charge in [0.05, 0.1) is 19.8 Å². The maximum atomic E-state index is 13.2. The van der Waals surface area contributed by atoms with Crippen molar-refractivity contribution in [3.63, 3.8) is 0 Å². The Bertz CT molecular complexity index is 1050. The summed E-state index contributed by atoms with van der Waals surface area (Å²) < 4.78 is 38.6. The summed E-state index contributed by atoms with van der Waals surface area (Å²) in [6.45, 7) is 7.58. The van der Waals surface area contributed by atoms with Gasteiger partial charge in [-0.3, -0.25) is 4.79 Å². The lowest BCUT2D eigenvalue weighted by molar-refractivity contribution is -0.115. The zero-order valence-corrected chi connectivity index (χ0v) is 20.4. The molecule has 1 aliphatic rings. The van der Waals surface area contributed by atoms with Crippen LogP contribution in [0.2, 0.25) is 0 Å². The maximum Gasteiger partial charge on any atom is 0.246 e. The first-order chi connectivity index (χ1) is 15.3. The molecule has 0 unspecified atom stereocenters. The first-order valence-corrected chi connectivity index (χ1v) is 13.1. The summed E-state index contributed by atoms with van der Waals surface area (Å²) in [5.74, 6) is 0.743. The van der Waals surface area contributed by atoms with Crippen LogP contribution in [0.5, 0.6) is 5.75 Å². The van der Waals surface area contributed by atoms with Crippen molar-refractivity contribution in [2.24, 2.45) is 0 Å². The van der Waals surface area contributed by atoms with E-state index in [0.717, 1.165) is 4.90 Å². The SMILES string of the molecule is CCOc1ccc(NC(=O)CCSc2ccc(C)c(C)c2)cc1S(=O)(=O)N1CCOCC1. The molecule has 1 heterocycles. The van der Waals surface area contributed by atoms with Gasteiger partial charge in [-0.05, 0) is 62.2 Å². The molecule has 1 fully saturated rings. The van der Waals surface area contributed by atoms with Crippen molar-refractivity contribution >= 4 is 33.4 Å². The Morgan fingerprint density at radius 2 is 1.88 bits per heavy atom. The van der Waals surface area contributed by atoms with Crippen molar-refractivity contribution in [3.05, 3.63) is 47.5 Å². The topological polar surface area (TPSA) is 84.9 Å². The molecule has 0 saturated carbocycles. The molecule has 7 nitrogen and oxygen atoms in total. The van der Waals surface area contributed by atoms with E-state index in [9.17, 15) is 13.2 Å². The summed E-state index contributed by atoms with van der Waals surface area (Å²) in [4.78, 5) is 13.6. The third-order valence-corrected chi connectivity index (χ3v) is 8.11. The number of thioether (sulfide) groups is 1. The van der Waals surface area contributed by atoms with Gasteiger partial charge in [0.25, 0.3) is 0 Å². The molecule has 2 aromatic rings. The fourth-order valence-electron chi connectivity index (χ4n) is 3.28. The number of nitrogens with one attached hydrogen (secondary N) is 1. The van der Waals surface area contributed by atoms with E-state index in [0.29, 0.717) is 50.8 Å². The highest BCUT2D eigenvalue weighted by atomic mass is 32.2. The number of benzene rings is 2. The predicted molar refractivity (Wildman–Crippen MR) is 127 cm³/mol. The van der Waals surface area contributed by atoms with Crippen LogP contribution in [0, 0.1) is 13.8 Å². The Labute approximate surface area is 194 Å². The summed E-state index contributed by atoms with van der Waals surface area (Å²) in [6, 6.07) is 11.0. The average molecular weight is 479 g/mol. The van der Waals surface area contributed by atoms with E-state index < -0.39 is 10.0 Å². The Morgan fingerprint density at radius 3 is 2.56 bits per heavy atom. The summed E-state index contributed by atoms with van der Waals surface area (Å²) >= 11 is 1.62. The van der Waals surface area contributed by atoms with E-state index in [2.05, 4.69) is 37.4 Å². The molecule has 174 valence electrons. The molecule has 9 heteroatoms. The van der Waals surface area contributed by atoms with Crippen molar-refractivity contribution in [2.75, 3.05) is 44.0 Å². The zero-order chi connectivity index (χ0) is 23.1. The number of carbonyl (C=O) groups is 1. The first kappa shape index (κ1) is 24.6. The van der Waals surface area contributed by atoms with Gasteiger partial charge in [0.1, 0.15) is 10.6 Å². The highest BCUT2D eigenvalue weighted by Crippen LogP contribution is 2.31. The molecule has 3 rings (SSSR count). The minimum absolute atomic E-state index is 0.0588. The predicted octanol–water partition coefficient (Wildman–Crippen LogP) is 3.84. The zero-order valence-electron chi connectivity index (χ0n) is 18.7. The lowest BCUT2D eigenvalue weighted by Crippen LogP contribution is -2.40. The minimum atomic E-state index is -3.76. The average Bonchev–Trinajstić information content (AvgIpc) is 2.78. The van der Waals surface area contributed by atoms with Gasteiger partial charge in [-0.25, -0.2) is 8.42 Å². The van der Waals surface area contributed by atoms with Gasteiger partial charge in [0.2, 0.25) is 15.9 Å². The number of carbonyl (C=O) groups excluding carboxylic acids is 1. The van der Waals surface area contributed by atoms with Crippen LogP contribution in [-0.2, 0) is 19.6 Å². The molecule has 0 bridgehead atoms. The third kappa shape index (κ3) is 6.25. The van der Waals surface area contributed by atoms with Crippen molar-refractivity contribution in [1.29, 1.82) is 0 Å². The Balaban J connectivity index is 1.67. The molecule has 1 amide bonds. The third-order valence-electron chi connectivity index (χ3n) is 5.19. The van der Waals surface area contributed by atoms with Crippen LogP contribution in [0.4, 0.5) is 5.69 Å². The van der Waals surface area contributed by atoms with Crippen LogP contribution < -0.4 is 10.1 Å². The minimum Gasteiger partial charge on any atom is -0.492 e. The number of aryl methyl sites for hydroxylation is 2. The number of nitrogens with zero attached hydrogens (tertiary/aromatic N) is 1. The van der Waals surface area contributed by atoms with E-state index in [1.807, 2.05) is 0 Å². The Morgan fingerprint density at radius 1 is 1.12 bits per heavy atom. The normalized spacial score (nSPS) is 14.8. The Kier molecular flexibility index (Phi) is 8.58. The number of ether oxygens (including phenoxy) is 2. The number of hydrogen-bond acceptors (Lipinski definition) is 6. The first-order valence-electron chi connectivity index (χ1n) is 10.7. The molecular weight excluding hydrogens is 448 g/mol. The summed E-state index contributed by atoms with van der Waals surface area (Å²) in [5, 5.41) is 2.82. The maximum absolute atomic E-state index is 13.2. The quantitative estimate of drug-likeness (QED) is 0.551. The Hall–Kier alpha value is -2.07. The molecular formula is C23H30N2O5S2. The van der Waals surface area contributed by atoms with Gasteiger partial charge in [0.15, 0.2) is 0 Å². The smallest absolute Gasteiger partial charge is 0.246 e. The lowest BCUT2D eigenvalue weighted by atomic mass is 10.1. The largest absolute Gasteiger partial charge is 0.492 e. The van der Waals surface area contributed by atoms with E-state index in [4.69, 9.17) is 9.47 Å². The molecule has 32 heavy (non-hydrogen) atoms. The number of rotatable bonds is 9. The van der Waals surface area contributed by atoms with Crippen LogP contribution in [0.3, 0.4) is 0 Å². The summed E-state index contributed by atoms with van der Waals surface area (Å²) in [7, 11) is -3.76. The van der Waals surface area contributed by atoms with E-state index in [1.165, 1.54) is 21.5 Å². The van der Waals surface area contributed by atoms with Gasteiger partial charge >= 0.3 is 0 Å². The monoisotopic (exact) mass is 478 g/mol. The van der Waals surface area contributed by atoms with E-state index in [-0.39, 0.29) is 16.6 Å². The number of morpholine rings is 1. The molecule has 0 aliphatic carbocycles. The van der Waals surface area contributed by atoms with Crippen LogP contribution in [0.1, 0.15) is 24.5 Å². The van der Waals surface area contributed by atoms with Crippen LogP contribution >= 0.6 is 11.8 Å². The molecule has 0 spiro atoms.